The lowest BCUT2D eigenvalue weighted by atomic mass is 9.90. The van der Waals surface area contributed by atoms with E-state index in [0.717, 1.165) is 19.3 Å². The van der Waals surface area contributed by atoms with Gasteiger partial charge in [-0.25, -0.2) is 0 Å². The summed E-state index contributed by atoms with van der Waals surface area (Å²) in [5, 5.41) is 23.0. The number of esters is 1. The topological polar surface area (TPSA) is 113 Å². The van der Waals surface area contributed by atoms with E-state index in [1.54, 1.807) is 30.3 Å². The van der Waals surface area contributed by atoms with Crippen molar-refractivity contribution in [3.8, 4) is 5.75 Å². The Morgan fingerprint density at radius 2 is 1.91 bits per heavy atom. The number of ether oxygens (including phenoxy) is 1. The Morgan fingerprint density at radius 3 is 2.60 bits per heavy atom. The summed E-state index contributed by atoms with van der Waals surface area (Å²) >= 11 is 0. The van der Waals surface area contributed by atoms with Gasteiger partial charge >= 0.3 is 5.97 Å². The summed E-state index contributed by atoms with van der Waals surface area (Å²) in [6, 6.07) is 6.60. The van der Waals surface area contributed by atoms with Crippen LogP contribution in [-0.4, -0.2) is 40.1 Å². The molecule has 1 fully saturated rings. The van der Waals surface area contributed by atoms with Crippen molar-refractivity contribution < 1.29 is 29.3 Å². The quantitative estimate of drug-likeness (QED) is 0.152. The zero-order valence-electron chi connectivity index (χ0n) is 20.8. The fourth-order valence-electron chi connectivity index (χ4n) is 4.20. The summed E-state index contributed by atoms with van der Waals surface area (Å²) in [5.41, 5.74) is 0.636. The molecule has 0 spiro atoms. The van der Waals surface area contributed by atoms with Crippen molar-refractivity contribution >= 4 is 23.3 Å². The second-order valence-electron chi connectivity index (χ2n) is 9.15. The van der Waals surface area contributed by atoms with Gasteiger partial charge in [0.1, 0.15) is 11.5 Å². The summed E-state index contributed by atoms with van der Waals surface area (Å²) in [7, 11) is 0. The molecule has 1 aromatic carbocycles. The van der Waals surface area contributed by atoms with Crippen LogP contribution in [0.3, 0.4) is 0 Å². The van der Waals surface area contributed by atoms with Crippen molar-refractivity contribution in [1.82, 2.24) is 0 Å². The number of Topliss-reactive ketones (excluding diaryl/α,β-unsaturated/α-hetero) is 1. The van der Waals surface area contributed by atoms with Crippen LogP contribution in [0.2, 0.25) is 0 Å². The van der Waals surface area contributed by atoms with Gasteiger partial charge in [-0.15, -0.1) is 0 Å². The third-order valence-corrected chi connectivity index (χ3v) is 6.11. The average Bonchev–Trinajstić information content (AvgIpc) is 3.07. The Balaban J connectivity index is 1.71. The minimum absolute atomic E-state index is 0.0466. The largest absolute Gasteiger partial charge is 0.427 e. The van der Waals surface area contributed by atoms with Crippen LogP contribution in [0.5, 0.6) is 5.75 Å². The number of benzene rings is 1. The molecule has 0 bridgehead atoms. The fourth-order valence-corrected chi connectivity index (χ4v) is 4.20. The SMILES string of the molecule is CCCCCC(O)C=C[C@H]1C(O)CC(=O)C1CC=CCCCC(=O)Oc1ccc(NC(C)=O)cc1. The van der Waals surface area contributed by atoms with Crippen molar-refractivity contribution in [3.05, 3.63) is 48.6 Å². The first kappa shape index (κ1) is 28.5. The number of hydrogen-bond acceptors (Lipinski definition) is 6. The van der Waals surface area contributed by atoms with Crippen molar-refractivity contribution in [2.45, 2.75) is 83.8 Å². The van der Waals surface area contributed by atoms with Gasteiger partial charge < -0.3 is 20.3 Å². The van der Waals surface area contributed by atoms with Crippen LogP contribution in [0, 0.1) is 11.8 Å². The highest BCUT2D eigenvalue weighted by Gasteiger charge is 2.39. The van der Waals surface area contributed by atoms with Crippen LogP contribution >= 0.6 is 0 Å². The summed E-state index contributed by atoms with van der Waals surface area (Å²) in [6.07, 6.45) is 12.2. The third-order valence-electron chi connectivity index (χ3n) is 6.11. The van der Waals surface area contributed by atoms with Crippen LogP contribution in [0.25, 0.3) is 0 Å². The summed E-state index contributed by atoms with van der Waals surface area (Å²) in [6.45, 7) is 3.54. The molecule has 3 N–H and O–H groups in total. The minimum Gasteiger partial charge on any atom is -0.427 e. The smallest absolute Gasteiger partial charge is 0.311 e. The van der Waals surface area contributed by atoms with Crippen LogP contribution in [0.15, 0.2) is 48.6 Å². The molecule has 4 atom stereocenters. The molecule has 192 valence electrons. The highest BCUT2D eigenvalue weighted by Crippen LogP contribution is 2.33. The van der Waals surface area contributed by atoms with E-state index in [2.05, 4.69) is 12.2 Å². The number of allylic oxidation sites excluding steroid dienone is 2. The third kappa shape index (κ3) is 10.6. The monoisotopic (exact) mass is 485 g/mol. The van der Waals surface area contributed by atoms with Crippen molar-refractivity contribution in [2.24, 2.45) is 11.8 Å². The number of carbonyl (C=O) groups is 3. The Hall–Kier alpha value is -2.77. The number of nitrogens with one attached hydrogen (secondary N) is 1. The number of hydrogen-bond donors (Lipinski definition) is 3. The number of aliphatic hydroxyl groups excluding tert-OH is 2. The molecule has 7 heteroatoms. The molecule has 2 rings (SSSR count). The molecule has 1 aliphatic rings. The minimum atomic E-state index is -0.706. The Labute approximate surface area is 208 Å². The van der Waals surface area contributed by atoms with E-state index < -0.39 is 12.2 Å². The van der Waals surface area contributed by atoms with Crippen LogP contribution in [0.1, 0.15) is 71.6 Å². The lowest BCUT2D eigenvalue weighted by Crippen LogP contribution is -2.18. The summed E-state index contributed by atoms with van der Waals surface area (Å²) in [4.78, 5) is 35.4. The zero-order chi connectivity index (χ0) is 25.6. The molecule has 0 radical (unpaired) electrons. The maximum Gasteiger partial charge on any atom is 0.311 e. The first-order valence-corrected chi connectivity index (χ1v) is 12.6. The second-order valence-corrected chi connectivity index (χ2v) is 9.15. The van der Waals surface area contributed by atoms with E-state index in [1.165, 1.54) is 6.92 Å². The van der Waals surface area contributed by atoms with E-state index in [-0.39, 0.29) is 42.3 Å². The van der Waals surface area contributed by atoms with E-state index in [1.807, 2.05) is 18.2 Å². The highest BCUT2D eigenvalue weighted by atomic mass is 16.5. The highest BCUT2D eigenvalue weighted by molar-refractivity contribution is 5.88. The van der Waals surface area contributed by atoms with Crippen molar-refractivity contribution in [1.29, 1.82) is 0 Å². The van der Waals surface area contributed by atoms with Crippen molar-refractivity contribution in [3.63, 3.8) is 0 Å². The molecular weight excluding hydrogens is 446 g/mol. The number of anilines is 1. The van der Waals surface area contributed by atoms with E-state index >= 15 is 0 Å². The van der Waals surface area contributed by atoms with Gasteiger partial charge in [0, 0.05) is 37.3 Å². The summed E-state index contributed by atoms with van der Waals surface area (Å²) < 4.78 is 5.30. The van der Waals surface area contributed by atoms with Gasteiger partial charge in [0.2, 0.25) is 5.91 Å². The fraction of sp³-hybridized carbons (Fsp3) is 0.536. The number of carbonyl (C=O) groups excluding carboxylic acids is 3. The Morgan fingerprint density at radius 1 is 1.17 bits per heavy atom. The lowest BCUT2D eigenvalue weighted by Gasteiger charge is -2.16. The van der Waals surface area contributed by atoms with Gasteiger partial charge in [-0.3, -0.25) is 14.4 Å². The van der Waals surface area contributed by atoms with Crippen LogP contribution in [0.4, 0.5) is 5.69 Å². The predicted molar refractivity (Wildman–Crippen MR) is 136 cm³/mol. The van der Waals surface area contributed by atoms with Crippen LogP contribution < -0.4 is 10.1 Å². The standard InChI is InChI=1S/C28H39NO6/c1-3-4-7-10-22(31)15-18-25-24(26(32)19-27(25)33)11-8-5-6-9-12-28(34)35-23-16-13-21(14-17-23)29-20(2)30/h5,8,13-18,22,24-25,27,31,33H,3-4,6-7,9-12,19H2,1-2H3,(H,29,30)/t22?,24?,25-,27?/m1/s1. The van der Waals surface area contributed by atoms with Gasteiger partial charge in [-0.1, -0.05) is 50.5 Å². The molecule has 1 aromatic rings. The summed E-state index contributed by atoms with van der Waals surface area (Å²) in [5.74, 6) is -0.592. The van der Waals surface area contributed by atoms with Gasteiger partial charge in [0.05, 0.1) is 12.2 Å². The molecule has 1 saturated carbocycles. The van der Waals surface area contributed by atoms with E-state index in [9.17, 15) is 24.6 Å². The van der Waals surface area contributed by atoms with Crippen LogP contribution in [-0.2, 0) is 14.4 Å². The maximum atomic E-state index is 12.3. The molecule has 7 nitrogen and oxygen atoms in total. The van der Waals surface area contributed by atoms with E-state index in [0.29, 0.717) is 37.1 Å². The Bertz CT molecular complexity index is 876. The molecule has 0 saturated heterocycles. The molecule has 35 heavy (non-hydrogen) atoms. The number of ketones is 1. The molecule has 0 aliphatic heterocycles. The van der Waals surface area contributed by atoms with Gasteiger partial charge in [0.25, 0.3) is 0 Å². The Kier molecular flexibility index (Phi) is 12.4. The second kappa shape index (κ2) is 15.3. The molecule has 1 amide bonds. The average molecular weight is 486 g/mol. The maximum absolute atomic E-state index is 12.3. The number of amides is 1. The van der Waals surface area contributed by atoms with E-state index in [4.69, 9.17) is 4.74 Å². The normalized spacial score (nSPS) is 21.0. The van der Waals surface area contributed by atoms with Gasteiger partial charge in [-0.05, 0) is 49.9 Å². The number of rotatable bonds is 14. The molecule has 3 unspecified atom stereocenters. The first-order chi connectivity index (χ1) is 16.8. The molecule has 0 aromatic heterocycles. The zero-order valence-corrected chi connectivity index (χ0v) is 20.8. The van der Waals surface area contributed by atoms with Gasteiger partial charge in [0.15, 0.2) is 0 Å². The first-order valence-electron chi connectivity index (χ1n) is 12.6. The van der Waals surface area contributed by atoms with Crippen molar-refractivity contribution in [2.75, 3.05) is 5.32 Å². The van der Waals surface area contributed by atoms with Gasteiger partial charge in [-0.2, -0.15) is 0 Å². The number of aliphatic hydroxyl groups is 2. The lowest BCUT2D eigenvalue weighted by molar-refractivity contribution is -0.134. The number of unbranched alkanes of at least 4 members (excludes halogenated alkanes) is 3. The molecule has 0 heterocycles. The molecule has 1 aliphatic carbocycles. The molecular formula is C28H39NO6. The predicted octanol–water partition coefficient (Wildman–Crippen LogP) is 4.73.